The van der Waals surface area contributed by atoms with Crippen LogP contribution in [0.2, 0.25) is 0 Å². The van der Waals surface area contributed by atoms with Crippen LogP contribution in [-0.4, -0.2) is 68.9 Å². The van der Waals surface area contributed by atoms with Crippen molar-refractivity contribution in [1.29, 1.82) is 31.6 Å². The molecule has 0 aliphatic heterocycles. The Hall–Kier alpha value is -6.03. The number of rotatable bonds is 9. The summed E-state index contributed by atoms with van der Waals surface area (Å²) in [5.41, 5.74) is 0.507. The second-order valence-electron chi connectivity index (χ2n) is 8.51. The lowest BCUT2D eigenvalue weighted by atomic mass is 10.4. The third kappa shape index (κ3) is 4.98. The number of hydrogen-bond donors (Lipinski definition) is 0. The Balaban J connectivity index is 1.90. The molecule has 0 bridgehead atoms. The quantitative estimate of drug-likeness (QED) is 0.370. The smallest absolute Gasteiger partial charge is 0.207 e. The van der Waals surface area contributed by atoms with Crippen LogP contribution in [0.1, 0.15) is 34.2 Å². The van der Waals surface area contributed by atoms with Crippen LogP contribution in [0.15, 0.2) is 0 Å². The Kier molecular flexibility index (Phi) is 8.02. The van der Waals surface area contributed by atoms with E-state index in [9.17, 15) is 31.6 Å². The summed E-state index contributed by atoms with van der Waals surface area (Å²) in [5.74, 6) is 1.25. The van der Waals surface area contributed by atoms with Gasteiger partial charge in [0.05, 0.1) is 0 Å². The van der Waals surface area contributed by atoms with Gasteiger partial charge in [0.25, 0.3) is 0 Å². The van der Waals surface area contributed by atoms with E-state index in [1.807, 2.05) is 41.3 Å². The van der Waals surface area contributed by atoms with E-state index in [4.69, 9.17) is 0 Å². The molecule has 39 heavy (non-hydrogen) atoms. The molecule has 0 aliphatic rings. The van der Waals surface area contributed by atoms with E-state index in [1.54, 1.807) is 58.7 Å². The number of likely N-dealkylation sites (N-methyl/N-ethyl adjacent to an activating group) is 2. The molecule has 0 unspecified atom stereocenters. The summed E-state index contributed by atoms with van der Waals surface area (Å²) in [6, 6.07) is 11.8. The van der Waals surface area contributed by atoms with E-state index in [0.29, 0.717) is 44.0 Å². The summed E-state index contributed by atoms with van der Waals surface area (Å²) in [4.78, 5) is 18.4. The van der Waals surface area contributed by atoms with E-state index < -0.39 is 0 Å². The average molecular weight is 522 g/mol. The zero-order valence-electron chi connectivity index (χ0n) is 22.0. The second kappa shape index (κ2) is 11.4. The molecule has 0 radical (unpaired) electrons. The van der Waals surface area contributed by atoms with Crippen molar-refractivity contribution >= 4 is 17.8 Å². The third-order valence-electron chi connectivity index (χ3n) is 6.23. The molecule has 3 heterocycles. The molecule has 0 aliphatic carbocycles. The van der Waals surface area contributed by atoms with Crippen molar-refractivity contribution in [2.45, 2.75) is 0 Å². The number of nitrogens with zero attached hydrogens (tertiary/aromatic N) is 15. The number of imidazole rings is 3. The number of nitriles is 6. The molecule has 0 fully saturated rings. The van der Waals surface area contributed by atoms with Crippen LogP contribution in [0.5, 0.6) is 0 Å². The molecule has 3 rings (SSSR count). The molecule has 0 atom stereocenters. The molecule has 0 saturated carbocycles. The minimum atomic E-state index is 0.00422. The molecule has 0 N–H and O–H groups in total. The Bertz CT molecular complexity index is 1570. The highest BCUT2D eigenvalue weighted by Gasteiger charge is 2.23. The van der Waals surface area contributed by atoms with Crippen LogP contribution in [0, 0.1) is 68.0 Å². The first-order valence-corrected chi connectivity index (χ1v) is 11.4. The molecule has 3 aromatic rings. The summed E-state index contributed by atoms with van der Waals surface area (Å²) in [5, 5.41) is 56.4. The van der Waals surface area contributed by atoms with Gasteiger partial charge in [-0.25, -0.2) is 15.0 Å². The predicted octanol–water partition coefficient (Wildman–Crippen LogP) is 0.196. The van der Waals surface area contributed by atoms with Crippen LogP contribution in [-0.2, 0) is 21.1 Å². The lowest BCUT2D eigenvalue weighted by Gasteiger charge is -2.29. The first-order chi connectivity index (χ1) is 18.7. The highest BCUT2D eigenvalue weighted by atomic mass is 15.4. The van der Waals surface area contributed by atoms with Gasteiger partial charge >= 0.3 is 0 Å². The van der Waals surface area contributed by atoms with E-state index in [2.05, 4.69) is 15.0 Å². The van der Waals surface area contributed by atoms with Gasteiger partial charge in [-0.2, -0.15) is 31.6 Å². The van der Waals surface area contributed by atoms with E-state index in [1.165, 1.54) is 0 Å². The zero-order chi connectivity index (χ0) is 28.9. The summed E-state index contributed by atoms with van der Waals surface area (Å²) in [7, 11) is 8.50. The molecular formula is C24H23N15. The second-order valence-corrected chi connectivity index (χ2v) is 8.51. The zero-order valence-corrected chi connectivity index (χ0v) is 22.0. The normalized spacial score (nSPS) is 9.92. The number of aromatic nitrogens is 6. The summed E-state index contributed by atoms with van der Waals surface area (Å²) >= 11 is 0. The topological polar surface area (TPSA) is 206 Å². The van der Waals surface area contributed by atoms with Gasteiger partial charge in [-0.15, -0.1) is 0 Å². The molecule has 15 nitrogen and oxygen atoms in total. The van der Waals surface area contributed by atoms with Gasteiger partial charge in [-0.3, -0.25) is 0 Å². The largest absolute Gasteiger partial charge is 0.343 e. The van der Waals surface area contributed by atoms with Crippen molar-refractivity contribution in [3.05, 3.63) is 34.2 Å². The standard InChI is InChI=1S/C24H23N15/c1-34(22-31-16(10-25)19(13-28)36(22)3)6-8-39(24-33-18(12-27)21(15-30)38(24)5)9-7-35(2)23-32-17(11-26)20(14-29)37(23)4/h6-9H2,1-5H3. The van der Waals surface area contributed by atoms with Gasteiger partial charge in [0.15, 0.2) is 34.2 Å². The molecule has 15 heteroatoms. The van der Waals surface area contributed by atoms with Crippen LogP contribution in [0.4, 0.5) is 17.8 Å². The Morgan fingerprint density at radius 1 is 0.513 bits per heavy atom. The van der Waals surface area contributed by atoms with E-state index in [0.717, 1.165) is 0 Å². The maximum absolute atomic E-state index is 9.55. The van der Waals surface area contributed by atoms with Crippen LogP contribution < -0.4 is 14.7 Å². The minimum absolute atomic E-state index is 0.00422. The molecule has 0 spiro atoms. The van der Waals surface area contributed by atoms with Crippen LogP contribution in [0.3, 0.4) is 0 Å². The van der Waals surface area contributed by atoms with Crippen molar-refractivity contribution in [1.82, 2.24) is 28.7 Å². The van der Waals surface area contributed by atoms with Crippen molar-refractivity contribution in [2.24, 2.45) is 21.1 Å². The fraction of sp³-hybridized carbons (Fsp3) is 0.375. The highest BCUT2D eigenvalue weighted by Crippen LogP contribution is 2.21. The first kappa shape index (κ1) is 27.6. The molecule has 3 aromatic heterocycles. The fourth-order valence-corrected chi connectivity index (χ4v) is 4.10. The molecule has 194 valence electrons. The maximum Gasteiger partial charge on any atom is 0.207 e. The highest BCUT2D eigenvalue weighted by molar-refractivity contribution is 5.50. The molecule has 0 aromatic carbocycles. The van der Waals surface area contributed by atoms with Gasteiger partial charge in [-0.05, 0) is 0 Å². The minimum Gasteiger partial charge on any atom is -0.343 e. The lowest BCUT2D eigenvalue weighted by molar-refractivity contribution is 0.684. The Morgan fingerprint density at radius 2 is 0.821 bits per heavy atom. The van der Waals surface area contributed by atoms with Crippen LogP contribution in [0.25, 0.3) is 0 Å². The van der Waals surface area contributed by atoms with E-state index >= 15 is 0 Å². The van der Waals surface area contributed by atoms with Crippen molar-refractivity contribution in [3.63, 3.8) is 0 Å². The maximum atomic E-state index is 9.55. The van der Waals surface area contributed by atoms with E-state index in [-0.39, 0.29) is 34.2 Å². The summed E-state index contributed by atoms with van der Waals surface area (Å²) in [6.07, 6.45) is 0. The van der Waals surface area contributed by atoms with Gasteiger partial charge in [0.1, 0.15) is 36.4 Å². The van der Waals surface area contributed by atoms with Gasteiger partial charge in [-0.1, -0.05) is 0 Å². The average Bonchev–Trinajstić information content (AvgIpc) is 3.57. The van der Waals surface area contributed by atoms with Crippen molar-refractivity contribution in [2.75, 3.05) is 55.0 Å². The van der Waals surface area contributed by atoms with Gasteiger partial charge in [0.2, 0.25) is 17.8 Å². The summed E-state index contributed by atoms with van der Waals surface area (Å²) in [6.45, 7) is 1.52. The third-order valence-corrected chi connectivity index (χ3v) is 6.23. The summed E-state index contributed by atoms with van der Waals surface area (Å²) < 4.78 is 4.63. The Labute approximate surface area is 225 Å². The fourth-order valence-electron chi connectivity index (χ4n) is 4.10. The van der Waals surface area contributed by atoms with Crippen LogP contribution >= 0.6 is 0 Å². The predicted molar refractivity (Wildman–Crippen MR) is 137 cm³/mol. The van der Waals surface area contributed by atoms with Gasteiger partial charge in [0, 0.05) is 61.4 Å². The lowest BCUT2D eigenvalue weighted by Crippen LogP contribution is -2.40. The Morgan fingerprint density at radius 3 is 1.10 bits per heavy atom. The molecule has 0 saturated heterocycles. The number of hydrogen-bond acceptors (Lipinski definition) is 12. The van der Waals surface area contributed by atoms with Gasteiger partial charge < -0.3 is 28.4 Å². The SMILES string of the molecule is CN(CCN(CCN(C)c1nc(C#N)c(C#N)n1C)c1nc(C#N)c(C#N)n1C)c1nc(C#N)c(C#N)n1C. The first-order valence-electron chi connectivity index (χ1n) is 11.4. The number of anilines is 3. The molecule has 0 amide bonds. The monoisotopic (exact) mass is 521 g/mol. The van der Waals surface area contributed by atoms with Crippen molar-refractivity contribution < 1.29 is 0 Å². The van der Waals surface area contributed by atoms with Crippen molar-refractivity contribution in [3.8, 4) is 36.4 Å². The molecular weight excluding hydrogens is 498 g/mol.